The molecule has 4 aliphatic carbocycles. The molecule has 0 saturated heterocycles. The molecule has 1 heteroatoms. The Hall–Kier alpha value is -0.300. The molecule has 7 unspecified atom stereocenters. The molecule has 4 fully saturated rings. The minimum Gasteiger partial charge on any atom is -0.392 e. The van der Waals surface area contributed by atoms with Gasteiger partial charge in [-0.25, -0.2) is 0 Å². The molecule has 0 aromatic heterocycles. The van der Waals surface area contributed by atoms with Crippen molar-refractivity contribution in [3.05, 3.63) is 12.2 Å². The van der Waals surface area contributed by atoms with Crippen molar-refractivity contribution in [2.24, 2.45) is 40.4 Å². The van der Waals surface area contributed by atoms with Crippen molar-refractivity contribution in [1.29, 1.82) is 0 Å². The van der Waals surface area contributed by atoms with Crippen LogP contribution in [0.4, 0.5) is 0 Å². The summed E-state index contributed by atoms with van der Waals surface area (Å²) < 4.78 is 0. The lowest BCUT2D eigenvalue weighted by Gasteiger charge is -2.60. The topological polar surface area (TPSA) is 20.2 Å². The Balaban J connectivity index is 1.43. The molecule has 26 heavy (non-hydrogen) atoms. The Morgan fingerprint density at radius 3 is 2.54 bits per heavy atom. The van der Waals surface area contributed by atoms with Crippen molar-refractivity contribution in [3.8, 4) is 0 Å². The summed E-state index contributed by atoms with van der Waals surface area (Å²) >= 11 is 0. The van der Waals surface area contributed by atoms with Gasteiger partial charge in [0.1, 0.15) is 0 Å². The zero-order valence-electron chi connectivity index (χ0n) is 17.4. The van der Waals surface area contributed by atoms with E-state index in [1.807, 2.05) is 6.08 Å². The molecule has 7 atom stereocenters. The smallest absolute Gasteiger partial charge is 0.0612 e. The maximum Gasteiger partial charge on any atom is 0.0612 e. The van der Waals surface area contributed by atoms with E-state index in [-0.39, 0.29) is 6.61 Å². The summed E-state index contributed by atoms with van der Waals surface area (Å²) in [6, 6.07) is 0. The number of aliphatic hydroxyl groups excluding tert-OH is 1. The SMILES string of the molecule is CC12CCCCC1CCC1C2CCC2(C)C(CCC/C=C/CO)CCC12. The summed E-state index contributed by atoms with van der Waals surface area (Å²) in [6.45, 7) is 5.59. The molecule has 4 rings (SSSR count). The van der Waals surface area contributed by atoms with Crippen LogP contribution >= 0.6 is 0 Å². The molecule has 0 spiro atoms. The first-order valence-electron chi connectivity index (χ1n) is 11.9. The summed E-state index contributed by atoms with van der Waals surface area (Å²) in [5, 5.41) is 8.90. The van der Waals surface area contributed by atoms with Gasteiger partial charge in [0.25, 0.3) is 0 Å². The van der Waals surface area contributed by atoms with Gasteiger partial charge in [-0.05, 0) is 111 Å². The fourth-order valence-corrected chi connectivity index (χ4v) is 8.55. The average Bonchev–Trinajstić information content (AvgIpc) is 2.97. The Morgan fingerprint density at radius 2 is 1.69 bits per heavy atom. The summed E-state index contributed by atoms with van der Waals surface area (Å²) in [6.07, 6.45) is 23.2. The molecular formula is C25H42O. The predicted octanol–water partition coefficient (Wildman–Crippen LogP) is 6.75. The molecule has 0 aromatic carbocycles. The van der Waals surface area contributed by atoms with E-state index in [0.29, 0.717) is 10.8 Å². The highest BCUT2D eigenvalue weighted by Gasteiger charge is 2.59. The van der Waals surface area contributed by atoms with Crippen LogP contribution in [-0.4, -0.2) is 11.7 Å². The highest BCUT2D eigenvalue weighted by atomic mass is 16.2. The van der Waals surface area contributed by atoms with Crippen molar-refractivity contribution >= 4 is 0 Å². The number of unbranched alkanes of at least 4 members (excludes halogenated alkanes) is 1. The Bertz CT molecular complexity index is 510. The third-order valence-electron chi connectivity index (χ3n) is 9.98. The molecule has 4 aliphatic rings. The van der Waals surface area contributed by atoms with Crippen molar-refractivity contribution in [3.63, 3.8) is 0 Å². The van der Waals surface area contributed by atoms with Gasteiger partial charge < -0.3 is 5.11 Å². The monoisotopic (exact) mass is 358 g/mol. The van der Waals surface area contributed by atoms with Gasteiger partial charge in [0.05, 0.1) is 6.61 Å². The number of fused-ring (bicyclic) bond motifs is 5. The van der Waals surface area contributed by atoms with Crippen LogP contribution in [0.15, 0.2) is 12.2 Å². The first-order valence-corrected chi connectivity index (χ1v) is 11.9. The summed E-state index contributed by atoms with van der Waals surface area (Å²) in [7, 11) is 0. The van der Waals surface area contributed by atoms with Gasteiger partial charge in [0.15, 0.2) is 0 Å². The van der Waals surface area contributed by atoms with Crippen LogP contribution in [0.2, 0.25) is 0 Å². The Kier molecular flexibility index (Phi) is 5.57. The predicted molar refractivity (Wildman–Crippen MR) is 110 cm³/mol. The average molecular weight is 359 g/mol. The number of hydrogen-bond donors (Lipinski definition) is 1. The second-order valence-corrected chi connectivity index (χ2v) is 10.8. The minimum atomic E-state index is 0.200. The molecule has 0 heterocycles. The normalized spacial score (nSPS) is 48.2. The molecular weight excluding hydrogens is 316 g/mol. The summed E-state index contributed by atoms with van der Waals surface area (Å²) in [4.78, 5) is 0. The zero-order valence-corrected chi connectivity index (χ0v) is 17.4. The van der Waals surface area contributed by atoms with Crippen molar-refractivity contribution in [2.45, 2.75) is 97.3 Å². The third kappa shape index (κ3) is 3.11. The van der Waals surface area contributed by atoms with Gasteiger partial charge in [-0.1, -0.05) is 38.8 Å². The molecule has 148 valence electrons. The maximum atomic E-state index is 8.90. The molecule has 1 N–H and O–H groups in total. The van der Waals surface area contributed by atoms with Crippen LogP contribution in [0.5, 0.6) is 0 Å². The van der Waals surface area contributed by atoms with Gasteiger partial charge in [-0.15, -0.1) is 0 Å². The highest BCUT2D eigenvalue weighted by molar-refractivity contribution is 5.08. The second kappa shape index (κ2) is 7.61. The van der Waals surface area contributed by atoms with Crippen LogP contribution in [-0.2, 0) is 0 Å². The first kappa shape index (κ1) is 19.0. The molecule has 4 saturated carbocycles. The van der Waals surface area contributed by atoms with E-state index in [4.69, 9.17) is 5.11 Å². The highest BCUT2D eigenvalue weighted by Crippen LogP contribution is 2.67. The van der Waals surface area contributed by atoms with Crippen molar-refractivity contribution in [2.75, 3.05) is 6.61 Å². The second-order valence-electron chi connectivity index (χ2n) is 10.8. The number of allylic oxidation sites excluding steroid dienone is 1. The van der Waals surface area contributed by atoms with E-state index in [0.717, 1.165) is 36.0 Å². The fraction of sp³-hybridized carbons (Fsp3) is 0.920. The fourth-order valence-electron chi connectivity index (χ4n) is 8.55. The van der Waals surface area contributed by atoms with Gasteiger partial charge in [-0.2, -0.15) is 0 Å². The van der Waals surface area contributed by atoms with E-state index in [1.54, 1.807) is 12.8 Å². The molecule has 0 aromatic rings. The first-order chi connectivity index (χ1) is 12.6. The maximum absolute atomic E-state index is 8.90. The minimum absolute atomic E-state index is 0.200. The standard InChI is InChI=1S/C25H42O/c1-24-16-7-6-10-19(24)11-13-21-22-14-12-20(9-5-3-4-8-18-26)25(22,2)17-15-23(21)24/h4,8,19-23,26H,3,5-7,9-18H2,1-2H3/b8-4+. The Labute approximate surface area is 162 Å². The van der Waals surface area contributed by atoms with E-state index < -0.39 is 0 Å². The van der Waals surface area contributed by atoms with Gasteiger partial charge in [-0.3, -0.25) is 0 Å². The van der Waals surface area contributed by atoms with E-state index in [2.05, 4.69) is 19.9 Å². The lowest BCUT2D eigenvalue weighted by atomic mass is 9.45. The molecule has 0 radical (unpaired) electrons. The third-order valence-corrected chi connectivity index (χ3v) is 9.98. The summed E-state index contributed by atoms with van der Waals surface area (Å²) in [5.74, 6) is 5.14. The van der Waals surface area contributed by atoms with Crippen LogP contribution in [0.1, 0.15) is 97.3 Å². The molecule has 0 aliphatic heterocycles. The molecule has 0 bridgehead atoms. The summed E-state index contributed by atoms with van der Waals surface area (Å²) in [5.41, 5.74) is 1.33. The number of rotatable bonds is 5. The molecule has 0 amide bonds. The van der Waals surface area contributed by atoms with E-state index >= 15 is 0 Å². The van der Waals surface area contributed by atoms with E-state index in [9.17, 15) is 0 Å². The van der Waals surface area contributed by atoms with Crippen LogP contribution in [0.3, 0.4) is 0 Å². The number of hydrogen-bond acceptors (Lipinski definition) is 1. The number of aliphatic hydroxyl groups is 1. The van der Waals surface area contributed by atoms with Crippen molar-refractivity contribution in [1.82, 2.24) is 0 Å². The quantitative estimate of drug-likeness (QED) is 0.425. The van der Waals surface area contributed by atoms with E-state index in [1.165, 1.54) is 64.2 Å². The van der Waals surface area contributed by atoms with Gasteiger partial charge in [0.2, 0.25) is 0 Å². The van der Waals surface area contributed by atoms with Crippen LogP contribution < -0.4 is 0 Å². The van der Waals surface area contributed by atoms with Crippen molar-refractivity contribution < 1.29 is 5.11 Å². The Morgan fingerprint density at radius 1 is 0.846 bits per heavy atom. The molecule has 1 nitrogen and oxygen atoms in total. The lowest BCUT2D eigenvalue weighted by Crippen LogP contribution is -2.52. The lowest BCUT2D eigenvalue weighted by molar-refractivity contribution is -0.111. The van der Waals surface area contributed by atoms with Crippen LogP contribution in [0, 0.1) is 40.4 Å². The largest absolute Gasteiger partial charge is 0.392 e. The van der Waals surface area contributed by atoms with Crippen LogP contribution in [0.25, 0.3) is 0 Å². The zero-order chi connectivity index (χ0) is 18.2. The van der Waals surface area contributed by atoms with Gasteiger partial charge >= 0.3 is 0 Å². The van der Waals surface area contributed by atoms with Gasteiger partial charge in [0, 0.05) is 0 Å².